The molecule has 0 aliphatic carbocycles. The maximum Gasteiger partial charge on any atom is 0.260 e. The highest BCUT2D eigenvalue weighted by Gasteiger charge is 2.37. The first kappa shape index (κ1) is 13.1. The molecule has 112 valence electrons. The highest BCUT2D eigenvalue weighted by molar-refractivity contribution is 6.25. The molecule has 1 atom stereocenters. The number of rotatable bonds is 2. The number of methoxy groups -OCH3 is 1. The number of aromatic nitrogens is 1. The Morgan fingerprint density at radius 3 is 2.95 bits per heavy atom. The summed E-state index contributed by atoms with van der Waals surface area (Å²) in [5, 5.41) is 4.56. The number of hydrogen-bond acceptors (Lipinski definition) is 4. The molecule has 6 nitrogen and oxygen atoms in total. The number of pyridine rings is 1. The van der Waals surface area contributed by atoms with E-state index >= 15 is 0 Å². The molecule has 0 saturated carbocycles. The first-order valence-electron chi connectivity index (χ1n) is 7.26. The van der Waals surface area contributed by atoms with E-state index in [2.05, 4.69) is 10.3 Å². The second-order valence-electron chi connectivity index (χ2n) is 5.55. The molecule has 4 rings (SSSR count). The van der Waals surface area contributed by atoms with Gasteiger partial charge in [0.05, 0.1) is 24.4 Å². The zero-order valence-electron chi connectivity index (χ0n) is 12.1. The Hall–Kier alpha value is -2.63. The van der Waals surface area contributed by atoms with E-state index in [0.29, 0.717) is 30.8 Å². The molecule has 0 spiro atoms. The van der Waals surface area contributed by atoms with Crippen molar-refractivity contribution in [1.82, 2.24) is 10.3 Å². The van der Waals surface area contributed by atoms with Crippen molar-refractivity contribution < 1.29 is 14.3 Å². The van der Waals surface area contributed by atoms with Gasteiger partial charge in [-0.25, -0.2) is 4.98 Å². The van der Waals surface area contributed by atoms with E-state index < -0.39 is 0 Å². The van der Waals surface area contributed by atoms with E-state index in [0.717, 1.165) is 16.5 Å². The molecule has 0 bridgehead atoms. The minimum Gasteiger partial charge on any atom is -0.481 e. The Bertz CT molecular complexity index is 793. The number of nitrogens with one attached hydrogen (secondary N) is 1. The van der Waals surface area contributed by atoms with Crippen LogP contribution in [0.3, 0.4) is 0 Å². The van der Waals surface area contributed by atoms with E-state index in [-0.39, 0.29) is 17.9 Å². The van der Waals surface area contributed by atoms with Crippen LogP contribution in [0.25, 0.3) is 10.8 Å². The highest BCUT2D eigenvalue weighted by atomic mass is 16.5. The lowest BCUT2D eigenvalue weighted by Gasteiger charge is -2.31. The van der Waals surface area contributed by atoms with Crippen molar-refractivity contribution in [1.29, 1.82) is 0 Å². The van der Waals surface area contributed by atoms with Crippen LogP contribution in [0, 0.1) is 0 Å². The van der Waals surface area contributed by atoms with Crippen LogP contribution in [0.4, 0.5) is 5.69 Å². The minimum absolute atomic E-state index is 0.0193. The lowest BCUT2D eigenvalue weighted by Crippen LogP contribution is -2.49. The molecule has 3 heterocycles. The summed E-state index contributed by atoms with van der Waals surface area (Å²) >= 11 is 0. The molecule has 1 aromatic heterocycles. The largest absolute Gasteiger partial charge is 0.481 e. The van der Waals surface area contributed by atoms with E-state index in [4.69, 9.17) is 4.74 Å². The van der Waals surface area contributed by atoms with Crippen LogP contribution in [0.15, 0.2) is 24.4 Å². The van der Waals surface area contributed by atoms with Gasteiger partial charge in [0, 0.05) is 29.9 Å². The standard InChI is InChI=1S/C16H15N3O3/c1-22-15-10-3-2-4-12-14(10)11(8-18-15)16(21)19(12)9-5-6-13(20)17-7-9/h2-4,8-9H,5-7H2,1H3,(H,17,20). The van der Waals surface area contributed by atoms with Crippen molar-refractivity contribution in [2.45, 2.75) is 18.9 Å². The number of nitrogens with zero attached hydrogens (tertiary/aromatic N) is 2. The van der Waals surface area contributed by atoms with E-state index in [1.54, 1.807) is 18.2 Å². The molecule has 1 N–H and O–H groups in total. The van der Waals surface area contributed by atoms with Crippen LogP contribution < -0.4 is 15.0 Å². The van der Waals surface area contributed by atoms with Crippen molar-refractivity contribution in [3.63, 3.8) is 0 Å². The fourth-order valence-electron chi connectivity index (χ4n) is 3.33. The number of ether oxygens (including phenoxy) is 1. The van der Waals surface area contributed by atoms with Gasteiger partial charge in [-0.1, -0.05) is 6.07 Å². The van der Waals surface area contributed by atoms with Crippen LogP contribution in [0.1, 0.15) is 23.2 Å². The predicted octanol–water partition coefficient (Wildman–Crippen LogP) is 1.48. The van der Waals surface area contributed by atoms with Crippen molar-refractivity contribution in [2.24, 2.45) is 0 Å². The smallest absolute Gasteiger partial charge is 0.260 e. The molecule has 0 radical (unpaired) electrons. The maximum absolute atomic E-state index is 12.8. The summed E-state index contributed by atoms with van der Waals surface area (Å²) in [5.41, 5.74) is 1.47. The Morgan fingerprint density at radius 1 is 1.36 bits per heavy atom. The summed E-state index contributed by atoms with van der Waals surface area (Å²) in [6.07, 6.45) is 2.70. The third kappa shape index (κ3) is 1.70. The minimum atomic E-state index is -0.0532. The normalized spacial score (nSPS) is 20.4. The topological polar surface area (TPSA) is 71.5 Å². The monoisotopic (exact) mass is 297 g/mol. The number of carbonyl (C=O) groups is 2. The molecule has 1 saturated heterocycles. The Kier molecular flexibility index (Phi) is 2.79. The van der Waals surface area contributed by atoms with Crippen molar-refractivity contribution in [2.75, 3.05) is 18.6 Å². The van der Waals surface area contributed by atoms with Crippen LogP contribution in [-0.2, 0) is 4.79 Å². The molecule has 2 aliphatic rings. The van der Waals surface area contributed by atoms with Crippen LogP contribution >= 0.6 is 0 Å². The number of piperidine rings is 1. The molecule has 2 amide bonds. The summed E-state index contributed by atoms with van der Waals surface area (Å²) in [4.78, 5) is 30.2. The number of anilines is 1. The summed E-state index contributed by atoms with van der Waals surface area (Å²) in [7, 11) is 1.57. The molecule has 1 unspecified atom stereocenters. The number of hydrogen-bond donors (Lipinski definition) is 1. The SMILES string of the molecule is COc1ncc2c3c(cccc13)N(C1CCC(=O)NC1)C2=O. The van der Waals surface area contributed by atoms with E-state index in [1.807, 2.05) is 18.2 Å². The summed E-state index contributed by atoms with van der Waals surface area (Å²) in [5.74, 6) is 0.511. The summed E-state index contributed by atoms with van der Waals surface area (Å²) < 4.78 is 5.30. The van der Waals surface area contributed by atoms with Gasteiger partial charge >= 0.3 is 0 Å². The van der Waals surface area contributed by atoms with E-state index in [1.165, 1.54) is 0 Å². The molecule has 2 aliphatic heterocycles. The highest BCUT2D eigenvalue weighted by Crippen LogP contribution is 2.41. The number of amides is 2. The quantitative estimate of drug-likeness (QED) is 0.911. The van der Waals surface area contributed by atoms with Gasteiger partial charge in [-0.15, -0.1) is 0 Å². The van der Waals surface area contributed by atoms with Gasteiger partial charge in [0.15, 0.2) is 0 Å². The Labute approximate surface area is 127 Å². The van der Waals surface area contributed by atoms with Gasteiger partial charge in [0.25, 0.3) is 5.91 Å². The fourth-order valence-corrected chi connectivity index (χ4v) is 3.33. The van der Waals surface area contributed by atoms with Crippen LogP contribution in [0.5, 0.6) is 5.88 Å². The maximum atomic E-state index is 12.8. The summed E-state index contributed by atoms with van der Waals surface area (Å²) in [6, 6.07) is 5.73. The van der Waals surface area contributed by atoms with Gasteiger partial charge in [-0.3, -0.25) is 9.59 Å². The second-order valence-corrected chi connectivity index (χ2v) is 5.55. The van der Waals surface area contributed by atoms with Gasteiger partial charge < -0.3 is 15.0 Å². The lowest BCUT2D eigenvalue weighted by atomic mass is 10.0. The van der Waals surface area contributed by atoms with Gasteiger partial charge in [-0.05, 0) is 18.6 Å². The first-order chi connectivity index (χ1) is 10.7. The van der Waals surface area contributed by atoms with Crippen LogP contribution in [0.2, 0.25) is 0 Å². The zero-order chi connectivity index (χ0) is 15.3. The molecule has 22 heavy (non-hydrogen) atoms. The predicted molar refractivity (Wildman–Crippen MR) is 81.1 cm³/mol. The van der Waals surface area contributed by atoms with Gasteiger partial charge in [0.2, 0.25) is 11.8 Å². The Balaban J connectivity index is 1.85. The van der Waals surface area contributed by atoms with Gasteiger partial charge in [0.1, 0.15) is 0 Å². The second kappa shape index (κ2) is 4.69. The molecule has 6 heteroatoms. The average molecular weight is 297 g/mol. The molecule has 1 aromatic carbocycles. The van der Waals surface area contributed by atoms with Gasteiger partial charge in [-0.2, -0.15) is 0 Å². The lowest BCUT2D eigenvalue weighted by molar-refractivity contribution is -0.122. The molecule has 1 fully saturated rings. The third-order valence-corrected chi connectivity index (χ3v) is 4.36. The summed E-state index contributed by atoms with van der Waals surface area (Å²) in [6.45, 7) is 0.486. The Morgan fingerprint density at radius 2 is 2.23 bits per heavy atom. The first-order valence-corrected chi connectivity index (χ1v) is 7.26. The van der Waals surface area contributed by atoms with Crippen molar-refractivity contribution in [3.05, 3.63) is 30.0 Å². The van der Waals surface area contributed by atoms with Crippen molar-refractivity contribution in [3.8, 4) is 5.88 Å². The van der Waals surface area contributed by atoms with Crippen molar-refractivity contribution >= 4 is 28.3 Å². The number of benzene rings is 1. The molecular weight excluding hydrogens is 282 g/mol. The van der Waals surface area contributed by atoms with Crippen LogP contribution in [-0.4, -0.2) is 36.5 Å². The third-order valence-electron chi connectivity index (χ3n) is 4.36. The van der Waals surface area contributed by atoms with E-state index in [9.17, 15) is 9.59 Å². The number of carbonyl (C=O) groups excluding carboxylic acids is 2. The zero-order valence-corrected chi connectivity index (χ0v) is 12.1. The fraction of sp³-hybridized carbons (Fsp3) is 0.312. The molecular formula is C16H15N3O3. The molecule has 2 aromatic rings. The average Bonchev–Trinajstić information content (AvgIpc) is 2.83.